The summed E-state index contributed by atoms with van der Waals surface area (Å²) in [5.74, 6) is 0.150. The number of ketones is 1. The number of hydrogen-bond donors (Lipinski definition) is 0. The van der Waals surface area contributed by atoms with Crippen LogP contribution < -0.4 is 4.90 Å². The standard InChI is InChI=1S/C16H21NO2/c1-12(18)13-5-6-16-14(10-13)7-8-17(16)11-15-4-2-3-9-19-15/h5-6,10,15H,2-4,7-9,11H2,1H3. The molecule has 0 radical (unpaired) electrons. The molecule has 1 unspecified atom stereocenters. The van der Waals surface area contributed by atoms with Gasteiger partial charge in [-0.05, 0) is 56.4 Å². The number of rotatable bonds is 3. The van der Waals surface area contributed by atoms with E-state index in [1.807, 2.05) is 6.07 Å². The van der Waals surface area contributed by atoms with E-state index in [1.165, 1.54) is 30.5 Å². The zero-order valence-electron chi connectivity index (χ0n) is 11.5. The summed E-state index contributed by atoms with van der Waals surface area (Å²) in [4.78, 5) is 13.8. The van der Waals surface area contributed by atoms with Crippen molar-refractivity contribution >= 4 is 11.5 Å². The largest absolute Gasteiger partial charge is 0.376 e. The van der Waals surface area contributed by atoms with Crippen LogP contribution in [-0.2, 0) is 11.2 Å². The van der Waals surface area contributed by atoms with Crippen molar-refractivity contribution in [2.45, 2.75) is 38.7 Å². The summed E-state index contributed by atoms with van der Waals surface area (Å²) >= 11 is 0. The summed E-state index contributed by atoms with van der Waals surface area (Å²) in [6.07, 6.45) is 5.09. The van der Waals surface area contributed by atoms with Crippen molar-refractivity contribution in [2.24, 2.45) is 0 Å². The van der Waals surface area contributed by atoms with Crippen LogP contribution in [0.4, 0.5) is 5.69 Å². The smallest absolute Gasteiger partial charge is 0.159 e. The molecular formula is C16H21NO2. The minimum Gasteiger partial charge on any atom is -0.376 e. The van der Waals surface area contributed by atoms with E-state index < -0.39 is 0 Å². The van der Waals surface area contributed by atoms with E-state index in [0.717, 1.165) is 31.7 Å². The van der Waals surface area contributed by atoms with Crippen molar-refractivity contribution in [3.63, 3.8) is 0 Å². The lowest BCUT2D eigenvalue weighted by Gasteiger charge is -2.28. The van der Waals surface area contributed by atoms with Gasteiger partial charge in [-0.15, -0.1) is 0 Å². The second-order valence-electron chi connectivity index (χ2n) is 5.58. The molecule has 0 bridgehead atoms. The van der Waals surface area contributed by atoms with Crippen LogP contribution >= 0.6 is 0 Å². The summed E-state index contributed by atoms with van der Waals surface area (Å²) in [7, 11) is 0. The van der Waals surface area contributed by atoms with Crippen LogP contribution in [-0.4, -0.2) is 31.6 Å². The van der Waals surface area contributed by atoms with Crippen LogP contribution in [0.2, 0.25) is 0 Å². The number of anilines is 1. The van der Waals surface area contributed by atoms with Crippen molar-refractivity contribution < 1.29 is 9.53 Å². The zero-order chi connectivity index (χ0) is 13.2. The molecule has 1 aromatic rings. The first-order valence-corrected chi connectivity index (χ1v) is 7.24. The Balaban J connectivity index is 1.72. The van der Waals surface area contributed by atoms with Crippen molar-refractivity contribution in [3.05, 3.63) is 29.3 Å². The van der Waals surface area contributed by atoms with Gasteiger partial charge in [-0.2, -0.15) is 0 Å². The topological polar surface area (TPSA) is 29.5 Å². The molecule has 3 heteroatoms. The lowest BCUT2D eigenvalue weighted by atomic mass is 10.1. The number of benzene rings is 1. The van der Waals surface area contributed by atoms with Gasteiger partial charge in [0.05, 0.1) is 6.10 Å². The van der Waals surface area contributed by atoms with E-state index in [-0.39, 0.29) is 5.78 Å². The maximum Gasteiger partial charge on any atom is 0.159 e. The molecule has 0 saturated carbocycles. The Labute approximate surface area is 114 Å². The van der Waals surface area contributed by atoms with Gasteiger partial charge in [0.25, 0.3) is 0 Å². The molecule has 102 valence electrons. The molecule has 1 fully saturated rings. The number of Topliss-reactive ketones (excluding diaryl/α,β-unsaturated/α-hetero) is 1. The summed E-state index contributed by atoms with van der Waals surface area (Å²) < 4.78 is 5.82. The SMILES string of the molecule is CC(=O)c1ccc2c(c1)CCN2CC1CCCCO1. The van der Waals surface area contributed by atoms with Gasteiger partial charge in [0.1, 0.15) is 0 Å². The molecule has 2 aliphatic rings. The highest BCUT2D eigenvalue weighted by molar-refractivity contribution is 5.94. The molecule has 3 rings (SSSR count). The minimum atomic E-state index is 0.150. The van der Waals surface area contributed by atoms with Crippen LogP contribution in [0.3, 0.4) is 0 Å². The molecule has 0 aliphatic carbocycles. The van der Waals surface area contributed by atoms with E-state index in [2.05, 4.69) is 17.0 Å². The Morgan fingerprint density at radius 2 is 2.32 bits per heavy atom. The van der Waals surface area contributed by atoms with Gasteiger partial charge >= 0.3 is 0 Å². The molecule has 2 aliphatic heterocycles. The summed E-state index contributed by atoms with van der Waals surface area (Å²) in [5.41, 5.74) is 3.43. The van der Waals surface area contributed by atoms with Crippen LogP contribution in [0.15, 0.2) is 18.2 Å². The third-order valence-corrected chi connectivity index (χ3v) is 4.18. The number of carbonyl (C=O) groups is 1. The number of hydrogen-bond acceptors (Lipinski definition) is 3. The molecule has 0 spiro atoms. The molecule has 1 saturated heterocycles. The van der Waals surface area contributed by atoms with Gasteiger partial charge in [0, 0.05) is 30.9 Å². The maximum absolute atomic E-state index is 11.4. The highest BCUT2D eigenvalue weighted by Gasteiger charge is 2.24. The fourth-order valence-electron chi connectivity index (χ4n) is 3.08. The monoisotopic (exact) mass is 259 g/mol. The molecule has 1 aromatic carbocycles. The average Bonchev–Trinajstić information content (AvgIpc) is 2.82. The molecule has 0 aromatic heterocycles. The second kappa shape index (κ2) is 5.33. The summed E-state index contributed by atoms with van der Waals surface area (Å²) in [5, 5.41) is 0. The number of carbonyl (C=O) groups excluding carboxylic acids is 1. The number of nitrogens with zero attached hydrogens (tertiary/aromatic N) is 1. The Morgan fingerprint density at radius 3 is 3.05 bits per heavy atom. The van der Waals surface area contributed by atoms with E-state index in [1.54, 1.807) is 6.92 Å². The molecule has 2 heterocycles. The van der Waals surface area contributed by atoms with Gasteiger partial charge in [-0.25, -0.2) is 0 Å². The predicted octanol–water partition coefficient (Wildman–Crippen LogP) is 2.82. The Hall–Kier alpha value is -1.35. The average molecular weight is 259 g/mol. The van der Waals surface area contributed by atoms with Crippen molar-refractivity contribution in [1.82, 2.24) is 0 Å². The van der Waals surface area contributed by atoms with Crippen molar-refractivity contribution in [2.75, 3.05) is 24.6 Å². The van der Waals surface area contributed by atoms with Crippen LogP contribution in [0.5, 0.6) is 0 Å². The quantitative estimate of drug-likeness (QED) is 0.782. The Kier molecular flexibility index (Phi) is 3.56. The van der Waals surface area contributed by atoms with Crippen LogP contribution in [0, 0.1) is 0 Å². The van der Waals surface area contributed by atoms with Crippen molar-refractivity contribution in [1.29, 1.82) is 0 Å². The molecule has 1 atom stereocenters. The number of fused-ring (bicyclic) bond motifs is 1. The van der Waals surface area contributed by atoms with E-state index in [0.29, 0.717) is 6.10 Å². The third-order valence-electron chi connectivity index (χ3n) is 4.18. The Bertz CT molecular complexity index is 478. The Morgan fingerprint density at radius 1 is 1.42 bits per heavy atom. The molecular weight excluding hydrogens is 238 g/mol. The first-order chi connectivity index (χ1) is 9.24. The first kappa shape index (κ1) is 12.7. The van der Waals surface area contributed by atoms with Gasteiger partial charge in [-0.3, -0.25) is 4.79 Å². The van der Waals surface area contributed by atoms with Gasteiger partial charge < -0.3 is 9.64 Å². The highest BCUT2D eigenvalue weighted by atomic mass is 16.5. The fourth-order valence-corrected chi connectivity index (χ4v) is 3.08. The van der Waals surface area contributed by atoms with E-state index in [4.69, 9.17) is 4.74 Å². The molecule has 3 nitrogen and oxygen atoms in total. The molecule has 0 N–H and O–H groups in total. The molecule has 0 amide bonds. The zero-order valence-corrected chi connectivity index (χ0v) is 11.5. The van der Waals surface area contributed by atoms with E-state index in [9.17, 15) is 4.79 Å². The van der Waals surface area contributed by atoms with Gasteiger partial charge in [-0.1, -0.05) is 0 Å². The second-order valence-corrected chi connectivity index (χ2v) is 5.58. The van der Waals surface area contributed by atoms with Gasteiger partial charge in [0.2, 0.25) is 0 Å². The third kappa shape index (κ3) is 2.66. The van der Waals surface area contributed by atoms with E-state index >= 15 is 0 Å². The van der Waals surface area contributed by atoms with Crippen LogP contribution in [0.25, 0.3) is 0 Å². The fraction of sp³-hybridized carbons (Fsp3) is 0.562. The number of ether oxygens (including phenoxy) is 1. The minimum absolute atomic E-state index is 0.150. The highest BCUT2D eigenvalue weighted by Crippen LogP contribution is 2.30. The first-order valence-electron chi connectivity index (χ1n) is 7.24. The van der Waals surface area contributed by atoms with Crippen LogP contribution in [0.1, 0.15) is 42.1 Å². The maximum atomic E-state index is 11.4. The predicted molar refractivity (Wildman–Crippen MR) is 76.0 cm³/mol. The lowest BCUT2D eigenvalue weighted by Crippen LogP contribution is -2.34. The normalized spacial score (nSPS) is 22.4. The van der Waals surface area contributed by atoms with Crippen molar-refractivity contribution in [3.8, 4) is 0 Å². The summed E-state index contributed by atoms with van der Waals surface area (Å²) in [6.45, 7) is 4.59. The molecule has 19 heavy (non-hydrogen) atoms. The van der Waals surface area contributed by atoms with Gasteiger partial charge in [0.15, 0.2) is 5.78 Å². The summed E-state index contributed by atoms with van der Waals surface area (Å²) in [6, 6.07) is 6.10. The lowest BCUT2D eigenvalue weighted by molar-refractivity contribution is 0.0212.